The smallest absolute Gasteiger partial charge is 0.167 e. The van der Waals surface area contributed by atoms with Crippen LogP contribution < -0.4 is 0 Å². The molecule has 262 valence electrons. The van der Waals surface area contributed by atoms with Crippen LogP contribution in [0.5, 0.6) is 0 Å². The van der Waals surface area contributed by atoms with E-state index in [1.807, 2.05) is 53.8 Å². The van der Waals surface area contributed by atoms with Crippen molar-refractivity contribution < 1.29 is 4.42 Å². The van der Waals surface area contributed by atoms with Gasteiger partial charge in [-0.2, -0.15) is 0 Å². The highest BCUT2D eigenvalue weighted by Crippen LogP contribution is 2.41. The monoisotopic (exact) mass is 733 g/mol. The van der Waals surface area contributed by atoms with Gasteiger partial charge >= 0.3 is 0 Å². The second-order valence-electron chi connectivity index (χ2n) is 14.0. The van der Waals surface area contributed by atoms with Crippen LogP contribution in [0.1, 0.15) is 0 Å². The lowest BCUT2D eigenvalue weighted by Gasteiger charge is -2.09. The Balaban J connectivity index is 0.995. The Bertz CT molecular complexity index is 3230. The lowest BCUT2D eigenvalue weighted by molar-refractivity contribution is 0.669. The van der Waals surface area contributed by atoms with Crippen LogP contribution in [0.3, 0.4) is 0 Å². The quantitative estimate of drug-likeness (QED) is 0.171. The van der Waals surface area contributed by atoms with E-state index < -0.39 is 0 Å². The molecule has 11 rings (SSSR count). The molecule has 0 spiro atoms. The van der Waals surface area contributed by atoms with E-state index >= 15 is 0 Å². The minimum Gasteiger partial charge on any atom is -0.455 e. The molecule has 0 N–H and O–H groups in total. The Labute approximate surface area is 327 Å². The fourth-order valence-electron chi connectivity index (χ4n) is 7.71. The Morgan fingerprint density at radius 2 is 0.786 bits per heavy atom. The highest BCUT2D eigenvalue weighted by atomic mass is 32.1. The Hall–Kier alpha value is -7.21. The number of rotatable bonds is 6. The van der Waals surface area contributed by atoms with Crippen LogP contribution in [0, 0.1) is 0 Å². The van der Waals surface area contributed by atoms with Crippen LogP contribution in [-0.2, 0) is 0 Å². The third-order valence-corrected chi connectivity index (χ3v) is 11.7. The van der Waals surface area contributed by atoms with Crippen LogP contribution in [-0.4, -0.2) is 15.0 Å². The normalized spacial score (nSPS) is 11.6. The zero-order valence-electron chi connectivity index (χ0n) is 30.1. The van der Waals surface area contributed by atoms with Gasteiger partial charge in [0.25, 0.3) is 0 Å². The molecule has 5 heteroatoms. The molecule has 11 aromatic rings. The molecule has 0 amide bonds. The summed E-state index contributed by atoms with van der Waals surface area (Å²) in [5.74, 6) is 1.79. The van der Waals surface area contributed by atoms with Crippen LogP contribution in [0.25, 0.3) is 110 Å². The number of benzene rings is 8. The van der Waals surface area contributed by atoms with Crippen molar-refractivity contribution in [3.05, 3.63) is 188 Å². The maximum absolute atomic E-state index is 6.64. The lowest BCUT2D eigenvalue weighted by Crippen LogP contribution is -2.00. The van der Waals surface area contributed by atoms with Gasteiger partial charge in [-0.05, 0) is 63.7 Å². The first-order valence-corrected chi connectivity index (χ1v) is 19.5. The molecule has 0 atom stereocenters. The van der Waals surface area contributed by atoms with Gasteiger partial charge in [0, 0.05) is 42.1 Å². The molecular weight excluding hydrogens is 703 g/mol. The first-order valence-electron chi connectivity index (χ1n) is 18.7. The zero-order chi connectivity index (χ0) is 37.0. The minimum absolute atomic E-state index is 0.566. The third-order valence-electron chi connectivity index (χ3n) is 10.6. The summed E-state index contributed by atoms with van der Waals surface area (Å²) in [6, 6.07) is 65.8. The highest BCUT2D eigenvalue weighted by molar-refractivity contribution is 7.25. The maximum atomic E-state index is 6.64. The highest BCUT2D eigenvalue weighted by Gasteiger charge is 2.19. The second-order valence-corrected chi connectivity index (χ2v) is 15.1. The average Bonchev–Trinajstić information content (AvgIpc) is 3.84. The molecule has 8 aromatic carbocycles. The largest absolute Gasteiger partial charge is 0.455 e. The summed E-state index contributed by atoms with van der Waals surface area (Å²) in [6.45, 7) is 0. The molecule has 0 saturated heterocycles. The lowest BCUT2D eigenvalue weighted by atomic mass is 10.00. The fourth-order valence-corrected chi connectivity index (χ4v) is 8.89. The summed E-state index contributed by atoms with van der Waals surface area (Å²) in [6.07, 6.45) is 0. The van der Waals surface area contributed by atoms with Crippen molar-refractivity contribution in [2.75, 3.05) is 0 Å². The van der Waals surface area contributed by atoms with Gasteiger partial charge in [0.1, 0.15) is 11.2 Å². The Morgan fingerprint density at radius 1 is 0.321 bits per heavy atom. The number of para-hydroxylation sites is 1. The van der Waals surface area contributed by atoms with Gasteiger partial charge in [0.2, 0.25) is 0 Å². The second kappa shape index (κ2) is 13.3. The van der Waals surface area contributed by atoms with Crippen molar-refractivity contribution in [1.82, 2.24) is 15.0 Å². The molecule has 0 aliphatic heterocycles. The molecule has 0 aliphatic rings. The van der Waals surface area contributed by atoms with Gasteiger partial charge in [-0.1, -0.05) is 158 Å². The summed E-state index contributed by atoms with van der Waals surface area (Å²) in [7, 11) is 0. The standard InChI is InChI=1S/C51H31N3OS/c1-4-11-32(12-5-1)34-19-21-36(22-20-34)50-52-49(35-15-8-3-9-16-35)53-51(54-50)43-18-10-17-42-44-29-37(25-28-45(44)55-48(42)43)39-24-27-41-40-26-23-38(33-13-6-2-7-14-33)30-46(40)56-47(41)31-39/h1-31H. The van der Waals surface area contributed by atoms with E-state index in [1.54, 1.807) is 0 Å². The SMILES string of the molecule is c1ccc(-c2ccc(-c3nc(-c4ccccc4)nc(-c4cccc5c4oc4ccc(-c6ccc7c(c6)sc6cc(-c8ccccc8)ccc67)cc45)n3)cc2)cc1. The van der Waals surface area contributed by atoms with Crippen LogP contribution in [0.15, 0.2) is 192 Å². The van der Waals surface area contributed by atoms with Crippen LogP contribution in [0.4, 0.5) is 0 Å². The molecule has 3 aromatic heterocycles. The maximum Gasteiger partial charge on any atom is 0.167 e. The van der Waals surface area contributed by atoms with E-state index in [9.17, 15) is 0 Å². The van der Waals surface area contributed by atoms with Crippen molar-refractivity contribution in [3.8, 4) is 67.5 Å². The Morgan fingerprint density at radius 3 is 1.43 bits per heavy atom. The van der Waals surface area contributed by atoms with Crippen LogP contribution in [0.2, 0.25) is 0 Å². The molecule has 4 nitrogen and oxygen atoms in total. The topological polar surface area (TPSA) is 51.8 Å². The number of hydrogen-bond donors (Lipinski definition) is 0. The summed E-state index contributed by atoms with van der Waals surface area (Å²) in [5.41, 5.74) is 11.3. The van der Waals surface area contributed by atoms with E-state index in [1.165, 1.54) is 42.4 Å². The van der Waals surface area contributed by atoms with Gasteiger partial charge < -0.3 is 4.42 Å². The van der Waals surface area contributed by atoms with Crippen molar-refractivity contribution >= 4 is 53.4 Å². The van der Waals surface area contributed by atoms with E-state index in [0.29, 0.717) is 17.5 Å². The van der Waals surface area contributed by atoms with Gasteiger partial charge in [-0.15, -0.1) is 11.3 Å². The van der Waals surface area contributed by atoms with Gasteiger partial charge in [-0.3, -0.25) is 0 Å². The van der Waals surface area contributed by atoms with Gasteiger partial charge in [0.05, 0.1) is 5.56 Å². The number of fused-ring (bicyclic) bond motifs is 6. The summed E-state index contributed by atoms with van der Waals surface area (Å²) in [5, 5.41) is 4.65. The average molecular weight is 734 g/mol. The fraction of sp³-hybridized carbons (Fsp3) is 0. The first-order chi connectivity index (χ1) is 27.7. The molecule has 56 heavy (non-hydrogen) atoms. The third kappa shape index (κ3) is 5.65. The van der Waals surface area contributed by atoms with E-state index in [-0.39, 0.29) is 0 Å². The van der Waals surface area contributed by atoms with E-state index in [4.69, 9.17) is 19.4 Å². The van der Waals surface area contributed by atoms with Crippen molar-refractivity contribution in [3.63, 3.8) is 0 Å². The summed E-state index contributed by atoms with van der Waals surface area (Å²) < 4.78 is 9.21. The van der Waals surface area contributed by atoms with Crippen LogP contribution >= 0.6 is 11.3 Å². The molecule has 0 radical (unpaired) electrons. The van der Waals surface area contributed by atoms with Crippen molar-refractivity contribution in [1.29, 1.82) is 0 Å². The number of hydrogen-bond acceptors (Lipinski definition) is 5. The molecule has 0 unspecified atom stereocenters. The molecule has 0 fully saturated rings. The number of nitrogens with zero attached hydrogens (tertiary/aromatic N) is 3. The predicted molar refractivity (Wildman–Crippen MR) is 233 cm³/mol. The summed E-state index contributed by atoms with van der Waals surface area (Å²) >= 11 is 1.85. The molecule has 3 heterocycles. The van der Waals surface area contributed by atoms with E-state index in [2.05, 4.69) is 146 Å². The molecule has 0 aliphatic carbocycles. The predicted octanol–water partition coefficient (Wildman–Crippen LogP) is 14.1. The number of aromatic nitrogens is 3. The number of furan rings is 1. The van der Waals surface area contributed by atoms with E-state index in [0.717, 1.165) is 49.8 Å². The van der Waals surface area contributed by atoms with Gasteiger partial charge in [0.15, 0.2) is 17.5 Å². The zero-order valence-corrected chi connectivity index (χ0v) is 30.9. The molecular formula is C51H31N3OS. The Kier molecular flexibility index (Phi) is 7.64. The first kappa shape index (κ1) is 32.2. The minimum atomic E-state index is 0.566. The molecule has 0 bridgehead atoms. The molecule has 0 saturated carbocycles. The van der Waals surface area contributed by atoms with Crippen molar-refractivity contribution in [2.24, 2.45) is 0 Å². The summed E-state index contributed by atoms with van der Waals surface area (Å²) in [4.78, 5) is 15.1. The van der Waals surface area contributed by atoms with Crippen molar-refractivity contribution in [2.45, 2.75) is 0 Å². The van der Waals surface area contributed by atoms with Gasteiger partial charge in [-0.25, -0.2) is 15.0 Å². The number of thiophene rings is 1.